The fourth-order valence-corrected chi connectivity index (χ4v) is 3.24. The highest BCUT2D eigenvalue weighted by atomic mass is 32.1. The molecular weight excluding hydrogens is 379 g/mol. The van der Waals surface area contributed by atoms with Gasteiger partial charge in [0.1, 0.15) is 6.29 Å². The van der Waals surface area contributed by atoms with Crippen LogP contribution in [0.25, 0.3) is 10.2 Å². The molecule has 1 heterocycles. The molecule has 1 atom stereocenters. The Morgan fingerprint density at radius 1 is 1.39 bits per heavy atom. The highest BCUT2D eigenvalue weighted by Crippen LogP contribution is 2.33. The van der Waals surface area contributed by atoms with E-state index in [4.69, 9.17) is 14.6 Å². The number of hydrogen-bond donors (Lipinski definition) is 2. The molecule has 1 aromatic heterocycles. The van der Waals surface area contributed by atoms with Crippen molar-refractivity contribution in [2.45, 2.75) is 58.9 Å². The van der Waals surface area contributed by atoms with Crippen LogP contribution in [0.3, 0.4) is 0 Å². The van der Waals surface area contributed by atoms with Crippen molar-refractivity contribution in [3.63, 3.8) is 0 Å². The van der Waals surface area contributed by atoms with E-state index in [0.29, 0.717) is 24.2 Å². The highest BCUT2D eigenvalue weighted by Gasteiger charge is 2.19. The van der Waals surface area contributed by atoms with Crippen LogP contribution in [0.15, 0.2) is 12.1 Å². The number of ether oxygens (including phenoxy) is 1. The van der Waals surface area contributed by atoms with Gasteiger partial charge in [0, 0.05) is 24.1 Å². The number of halogens is 1. The lowest BCUT2D eigenvalue weighted by atomic mass is 9.86. The second kappa shape index (κ2) is 12.8. The Labute approximate surface area is 171 Å². The monoisotopic (exact) mass is 412 g/mol. The summed E-state index contributed by atoms with van der Waals surface area (Å²) in [5.41, 5.74) is 0.738. The lowest BCUT2D eigenvalue weighted by Crippen LogP contribution is -2.24. The van der Waals surface area contributed by atoms with Crippen molar-refractivity contribution in [3.05, 3.63) is 23.0 Å². The maximum Gasteiger partial charge on any atom is 0.167 e. The number of likely N-dealkylation sites (N-methyl/N-ethyl adjacent to an activating group) is 1. The summed E-state index contributed by atoms with van der Waals surface area (Å²) in [6.45, 7) is 8.42. The molecule has 1 aromatic carbocycles. The van der Waals surface area contributed by atoms with Crippen molar-refractivity contribution >= 4 is 27.8 Å². The fourth-order valence-electron chi connectivity index (χ4n) is 2.26. The summed E-state index contributed by atoms with van der Waals surface area (Å²) in [5.74, 6) is 1.06. The summed E-state index contributed by atoms with van der Waals surface area (Å²) in [7, 11) is 1.82. The summed E-state index contributed by atoms with van der Waals surface area (Å²) in [6, 6.07) is 3.53. The summed E-state index contributed by atoms with van der Waals surface area (Å²) in [5, 5.41) is 12.2. The van der Waals surface area contributed by atoms with Gasteiger partial charge in [-0.15, -0.1) is 11.3 Å². The van der Waals surface area contributed by atoms with Crippen molar-refractivity contribution in [2.24, 2.45) is 5.92 Å². The Kier molecular flexibility index (Phi) is 11.2. The van der Waals surface area contributed by atoms with Gasteiger partial charge in [-0.2, -0.15) is 0 Å². The third-order valence-corrected chi connectivity index (χ3v) is 5.74. The number of nitrogens with one attached hydrogen (secondary N) is 1. The van der Waals surface area contributed by atoms with E-state index in [1.807, 2.05) is 14.0 Å². The number of rotatable bonds is 6. The molecule has 0 spiro atoms. The molecule has 0 bridgehead atoms. The lowest BCUT2D eigenvalue weighted by Gasteiger charge is -2.25. The Morgan fingerprint density at radius 3 is 2.46 bits per heavy atom. The van der Waals surface area contributed by atoms with E-state index in [9.17, 15) is 4.39 Å². The quantitative estimate of drug-likeness (QED) is 0.682. The van der Waals surface area contributed by atoms with E-state index < -0.39 is 0 Å². The third kappa shape index (κ3) is 7.81. The van der Waals surface area contributed by atoms with Crippen LogP contribution in [-0.2, 0) is 4.79 Å². The fraction of sp³-hybridized carbons (Fsp3) is 0.619. The molecule has 3 rings (SSSR count). The normalized spacial score (nSPS) is 14.4. The minimum Gasteiger partial charge on any atom is -0.490 e. The summed E-state index contributed by atoms with van der Waals surface area (Å²) in [4.78, 5) is 13.3. The van der Waals surface area contributed by atoms with Crippen molar-refractivity contribution < 1.29 is 19.0 Å². The number of aliphatic hydroxyl groups excluding tert-OH is 1. The number of hydrogen-bond acceptors (Lipinski definition) is 6. The van der Waals surface area contributed by atoms with E-state index in [-0.39, 0.29) is 18.5 Å². The largest absolute Gasteiger partial charge is 0.490 e. The number of carbonyl (C=O) groups is 1. The van der Waals surface area contributed by atoms with Gasteiger partial charge in [-0.25, -0.2) is 9.37 Å². The first kappa shape index (κ1) is 24.5. The zero-order valence-corrected chi connectivity index (χ0v) is 18.3. The number of fused-ring (bicyclic) bond motifs is 1. The maximum absolute atomic E-state index is 13.9. The summed E-state index contributed by atoms with van der Waals surface area (Å²) in [6.07, 6.45) is 4.45. The number of nitrogens with zero attached hydrogens (tertiary/aromatic N) is 1. The van der Waals surface area contributed by atoms with Crippen LogP contribution >= 0.6 is 11.3 Å². The molecule has 28 heavy (non-hydrogen) atoms. The second-order valence-corrected chi connectivity index (χ2v) is 8.24. The van der Waals surface area contributed by atoms with Gasteiger partial charge in [0.2, 0.25) is 0 Å². The standard InChI is InChI=1S/C15H18FNOS.C4H11NO.C2H4O/c1-9(2)15-17-12-6-11(16)13(7-14(12)19-15)18-8-10-4-3-5-10;1-4(3-6)5-2;1-2-3/h6-7,9-10H,3-5,8H2,1-2H3;4-6H,3H2,1-2H3;2H,1H3. The summed E-state index contributed by atoms with van der Waals surface area (Å²) < 4.78 is 20.6. The van der Waals surface area contributed by atoms with Gasteiger partial charge in [0.25, 0.3) is 0 Å². The Bertz CT molecular complexity index is 713. The van der Waals surface area contributed by atoms with Gasteiger partial charge in [-0.05, 0) is 39.7 Å². The molecule has 0 amide bonds. The first-order valence-corrected chi connectivity index (χ1v) is 10.6. The van der Waals surface area contributed by atoms with Gasteiger partial charge in [-0.1, -0.05) is 20.3 Å². The van der Waals surface area contributed by atoms with Gasteiger partial charge in [0.05, 0.1) is 28.4 Å². The molecule has 0 aliphatic heterocycles. The molecule has 1 saturated carbocycles. The maximum atomic E-state index is 13.9. The Balaban J connectivity index is 0.000000370. The van der Waals surface area contributed by atoms with Crippen LogP contribution in [0, 0.1) is 11.7 Å². The van der Waals surface area contributed by atoms with E-state index in [0.717, 1.165) is 21.5 Å². The molecule has 1 fully saturated rings. The molecule has 1 aliphatic carbocycles. The van der Waals surface area contributed by atoms with Crippen LogP contribution in [-0.4, -0.2) is 42.7 Å². The molecule has 0 saturated heterocycles. The average Bonchev–Trinajstić information content (AvgIpc) is 3.04. The molecule has 7 heteroatoms. The minimum atomic E-state index is -0.299. The minimum absolute atomic E-state index is 0.219. The topological polar surface area (TPSA) is 71.5 Å². The highest BCUT2D eigenvalue weighted by molar-refractivity contribution is 7.18. The molecular formula is C21H33FN2O3S. The van der Waals surface area contributed by atoms with Gasteiger partial charge >= 0.3 is 0 Å². The molecule has 1 aliphatic rings. The van der Waals surface area contributed by atoms with Crippen LogP contribution in [0.2, 0.25) is 0 Å². The van der Waals surface area contributed by atoms with Crippen molar-refractivity contribution in [2.75, 3.05) is 20.3 Å². The SMILES string of the molecule is CC(C)c1nc2cc(F)c(OCC3CCC3)cc2s1.CC=O.CNC(C)CO. The molecule has 2 aromatic rings. The Morgan fingerprint density at radius 2 is 2.04 bits per heavy atom. The van der Waals surface area contributed by atoms with Crippen LogP contribution in [0.5, 0.6) is 5.75 Å². The third-order valence-electron chi connectivity index (χ3n) is 4.42. The van der Waals surface area contributed by atoms with Crippen LogP contribution in [0.1, 0.15) is 57.9 Å². The lowest BCUT2D eigenvalue weighted by molar-refractivity contribution is -0.106. The zero-order valence-electron chi connectivity index (χ0n) is 17.5. The second-order valence-electron chi connectivity index (χ2n) is 7.17. The number of aliphatic hydroxyl groups is 1. The molecule has 5 nitrogen and oxygen atoms in total. The van der Waals surface area contributed by atoms with Gasteiger partial charge in [-0.3, -0.25) is 0 Å². The van der Waals surface area contributed by atoms with E-state index in [2.05, 4.69) is 24.1 Å². The number of thiazole rings is 1. The first-order valence-electron chi connectivity index (χ1n) is 9.76. The number of carbonyl (C=O) groups excluding carboxylic acids is 1. The predicted octanol–water partition coefficient (Wildman–Crippen LogP) is 4.53. The number of aldehydes is 1. The summed E-state index contributed by atoms with van der Waals surface area (Å²) >= 11 is 1.62. The average molecular weight is 413 g/mol. The number of aromatic nitrogens is 1. The first-order chi connectivity index (χ1) is 13.4. The molecule has 0 radical (unpaired) electrons. The van der Waals surface area contributed by atoms with Crippen LogP contribution < -0.4 is 10.1 Å². The van der Waals surface area contributed by atoms with E-state index in [1.54, 1.807) is 17.4 Å². The molecule has 1 unspecified atom stereocenters. The zero-order chi connectivity index (χ0) is 21.1. The van der Waals surface area contributed by atoms with Crippen molar-refractivity contribution in [3.8, 4) is 5.75 Å². The molecule has 2 N–H and O–H groups in total. The Hall–Kier alpha value is -1.57. The van der Waals surface area contributed by atoms with Crippen molar-refractivity contribution in [1.82, 2.24) is 10.3 Å². The predicted molar refractivity (Wildman–Crippen MR) is 114 cm³/mol. The molecule has 158 valence electrons. The van der Waals surface area contributed by atoms with Crippen LogP contribution in [0.4, 0.5) is 4.39 Å². The van der Waals surface area contributed by atoms with Gasteiger partial charge < -0.3 is 20.0 Å². The van der Waals surface area contributed by atoms with Crippen molar-refractivity contribution in [1.29, 1.82) is 0 Å². The van der Waals surface area contributed by atoms with E-state index >= 15 is 0 Å². The number of benzene rings is 1. The van der Waals surface area contributed by atoms with E-state index in [1.165, 1.54) is 32.3 Å². The smallest absolute Gasteiger partial charge is 0.167 e. The van der Waals surface area contributed by atoms with Gasteiger partial charge in [0.15, 0.2) is 11.6 Å².